The molecule has 1 saturated carbocycles. The zero-order valence-electron chi connectivity index (χ0n) is 13.3. The van der Waals surface area contributed by atoms with E-state index in [4.69, 9.17) is 4.74 Å². The van der Waals surface area contributed by atoms with E-state index in [2.05, 4.69) is 49.4 Å². The van der Waals surface area contributed by atoms with Gasteiger partial charge in [-0.05, 0) is 63.4 Å². The van der Waals surface area contributed by atoms with Crippen molar-refractivity contribution >= 4 is 5.69 Å². The molecule has 20 heavy (non-hydrogen) atoms. The SMILES string of the molecule is COc1ccc(CN(C)C)cc1NC1CCC(C)CC1. The first kappa shape index (κ1) is 15.2. The van der Waals surface area contributed by atoms with Crippen molar-refractivity contribution in [3.05, 3.63) is 23.8 Å². The molecule has 2 rings (SSSR count). The molecule has 0 bridgehead atoms. The van der Waals surface area contributed by atoms with Crippen LogP contribution in [0.4, 0.5) is 5.69 Å². The fourth-order valence-corrected chi connectivity index (χ4v) is 2.96. The molecule has 3 nitrogen and oxygen atoms in total. The predicted molar refractivity (Wildman–Crippen MR) is 85.4 cm³/mol. The topological polar surface area (TPSA) is 24.5 Å². The number of nitrogens with one attached hydrogen (secondary N) is 1. The second kappa shape index (κ2) is 6.98. The highest BCUT2D eigenvalue weighted by Gasteiger charge is 2.19. The Kier molecular flexibility index (Phi) is 5.30. The van der Waals surface area contributed by atoms with Gasteiger partial charge in [-0.25, -0.2) is 0 Å². The first-order valence-electron chi connectivity index (χ1n) is 7.66. The Balaban J connectivity index is 2.07. The minimum absolute atomic E-state index is 0.592. The van der Waals surface area contributed by atoms with E-state index in [1.165, 1.54) is 31.2 Å². The summed E-state index contributed by atoms with van der Waals surface area (Å²) in [5, 5.41) is 3.69. The number of methoxy groups -OCH3 is 1. The van der Waals surface area contributed by atoms with E-state index in [0.717, 1.165) is 23.9 Å². The molecule has 0 atom stereocenters. The van der Waals surface area contributed by atoms with Gasteiger partial charge in [0, 0.05) is 12.6 Å². The van der Waals surface area contributed by atoms with E-state index in [-0.39, 0.29) is 0 Å². The third-order valence-electron chi connectivity index (χ3n) is 4.14. The summed E-state index contributed by atoms with van der Waals surface area (Å²) in [5.74, 6) is 1.83. The Morgan fingerprint density at radius 3 is 2.50 bits per heavy atom. The Labute approximate surface area is 123 Å². The molecule has 0 amide bonds. The van der Waals surface area contributed by atoms with Gasteiger partial charge in [0.1, 0.15) is 5.75 Å². The first-order valence-corrected chi connectivity index (χ1v) is 7.66. The van der Waals surface area contributed by atoms with Crippen molar-refractivity contribution in [2.45, 2.75) is 45.2 Å². The Morgan fingerprint density at radius 1 is 1.20 bits per heavy atom. The molecule has 3 heteroatoms. The largest absolute Gasteiger partial charge is 0.495 e. The molecule has 112 valence electrons. The number of benzene rings is 1. The van der Waals surface area contributed by atoms with Crippen LogP contribution in [0.2, 0.25) is 0 Å². The molecule has 0 radical (unpaired) electrons. The summed E-state index contributed by atoms with van der Waals surface area (Å²) < 4.78 is 5.49. The van der Waals surface area contributed by atoms with Gasteiger partial charge in [0.15, 0.2) is 0 Å². The smallest absolute Gasteiger partial charge is 0.141 e. The minimum Gasteiger partial charge on any atom is -0.495 e. The second-order valence-electron chi connectivity index (χ2n) is 6.37. The molecule has 0 spiro atoms. The molecular weight excluding hydrogens is 248 g/mol. The molecule has 1 aromatic rings. The predicted octanol–water partition coefficient (Wildman–Crippen LogP) is 3.75. The summed E-state index contributed by atoms with van der Waals surface area (Å²) in [6, 6.07) is 7.05. The molecular formula is C17H28N2O. The van der Waals surface area contributed by atoms with Gasteiger partial charge in [-0.15, -0.1) is 0 Å². The van der Waals surface area contributed by atoms with E-state index in [1.54, 1.807) is 7.11 Å². The van der Waals surface area contributed by atoms with Gasteiger partial charge < -0.3 is 15.0 Å². The zero-order valence-corrected chi connectivity index (χ0v) is 13.3. The van der Waals surface area contributed by atoms with Crippen LogP contribution >= 0.6 is 0 Å². The third kappa shape index (κ3) is 4.14. The maximum absolute atomic E-state index is 5.49. The van der Waals surface area contributed by atoms with Gasteiger partial charge in [-0.3, -0.25) is 0 Å². The van der Waals surface area contributed by atoms with E-state index in [0.29, 0.717) is 6.04 Å². The summed E-state index contributed by atoms with van der Waals surface area (Å²) in [6.45, 7) is 3.31. The molecule has 0 saturated heterocycles. The van der Waals surface area contributed by atoms with Crippen LogP contribution in [-0.2, 0) is 6.54 Å². The van der Waals surface area contributed by atoms with Crippen LogP contribution in [0.1, 0.15) is 38.2 Å². The van der Waals surface area contributed by atoms with Crippen molar-refractivity contribution in [1.82, 2.24) is 4.90 Å². The molecule has 1 fully saturated rings. The monoisotopic (exact) mass is 276 g/mol. The van der Waals surface area contributed by atoms with Gasteiger partial charge in [-0.1, -0.05) is 13.0 Å². The summed E-state index contributed by atoms with van der Waals surface area (Å²) in [5.41, 5.74) is 2.47. The Bertz CT molecular complexity index is 423. The van der Waals surface area contributed by atoms with E-state index in [1.807, 2.05) is 0 Å². The minimum atomic E-state index is 0.592. The molecule has 1 aromatic carbocycles. The van der Waals surface area contributed by atoms with Crippen molar-refractivity contribution in [2.24, 2.45) is 5.92 Å². The van der Waals surface area contributed by atoms with Crippen LogP contribution in [0.3, 0.4) is 0 Å². The van der Waals surface area contributed by atoms with E-state index >= 15 is 0 Å². The van der Waals surface area contributed by atoms with Gasteiger partial charge in [0.25, 0.3) is 0 Å². The Hall–Kier alpha value is -1.22. The quantitative estimate of drug-likeness (QED) is 0.886. The van der Waals surface area contributed by atoms with Gasteiger partial charge in [0.2, 0.25) is 0 Å². The highest BCUT2D eigenvalue weighted by atomic mass is 16.5. The number of ether oxygens (including phenoxy) is 1. The lowest BCUT2D eigenvalue weighted by molar-refractivity contribution is 0.359. The standard InChI is InChI=1S/C17H28N2O/c1-13-5-8-15(9-6-13)18-16-11-14(12-19(2)3)7-10-17(16)20-4/h7,10-11,13,15,18H,5-6,8-9,12H2,1-4H3. The van der Waals surface area contributed by atoms with Crippen LogP contribution in [0.15, 0.2) is 18.2 Å². The lowest BCUT2D eigenvalue weighted by Crippen LogP contribution is -2.25. The summed E-state index contributed by atoms with van der Waals surface area (Å²) >= 11 is 0. The fraction of sp³-hybridized carbons (Fsp3) is 0.647. The number of hydrogen-bond acceptors (Lipinski definition) is 3. The highest BCUT2D eigenvalue weighted by molar-refractivity contribution is 5.58. The highest BCUT2D eigenvalue weighted by Crippen LogP contribution is 2.31. The Morgan fingerprint density at radius 2 is 1.90 bits per heavy atom. The molecule has 1 N–H and O–H groups in total. The molecule has 0 heterocycles. The lowest BCUT2D eigenvalue weighted by atomic mass is 9.87. The van der Waals surface area contributed by atoms with Crippen molar-refractivity contribution in [3.63, 3.8) is 0 Å². The van der Waals surface area contributed by atoms with Crippen molar-refractivity contribution in [1.29, 1.82) is 0 Å². The van der Waals surface area contributed by atoms with Crippen LogP contribution in [0.5, 0.6) is 5.75 Å². The first-order chi connectivity index (χ1) is 9.58. The van der Waals surface area contributed by atoms with Crippen LogP contribution in [0, 0.1) is 5.92 Å². The molecule has 1 aliphatic carbocycles. The lowest BCUT2D eigenvalue weighted by Gasteiger charge is -2.28. The van der Waals surface area contributed by atoms with Gasteiger partial charge in [-0.2, -0.15) is 0 Å². The molecule has 0 aromatic heterocycles. The van der Waals surface area contributed by atoms with Gasteiger partial charge in [0.05, 0.1) is 12.8 Å². The molecule has 0 aliphatic heterocycles. The van der Waals surface area contributed by atoms with Crippen molar-refractivity contribution < 1.29 is 4.74 Å². The van der Waals surface area contributed by atoms with E-state index < -0.39 is 0 Å². The molecule has 1 aliphatic rings. The number of nitrogens with zero attached hydrogens (tertiary/aromatic N) is 1. The van der Waals surface area contributed by atoms with Crippen LogP contribution in [-0.4, -0.2) is 32.1 Å². The second-order valence-corrected chi connectivity index (χ2v) is 6.37. The van der Waals surface area contributed by atoms with Crippen LogP contribution in [0.25, 0.3) is 0 Å². The average molecular weight is 276 g/mol. The van der Waals surface area contributed by atoms with E-state index in [9.17, 15) is 0 Å². The summed E-state index contributed by atoms with van der Waals surface area (Å²) in [6.07, 6.45) is 5.19. The van der Waals surface area contributed by atoms with Crippen molar-refractivity contribution in [3.8, 4) is 5.75 Å². The van der Waals surface area contributed by atoms with Crippen LogP contribution < -0.4 is 10.1 Å². The number of rotatable bonds is 5. The summed E-state index contributed by atoms with van der Waals surface area (Å²) in [7, 11) is 5.94. The number of anilines is 1. The third-order valence-corrected chi connectivity index (χ3v) is 4.14. The fourth-order valence-electron chi connectivity index (χ4n) is 2.96. The number of hydrogen-bond donors (Lipinski definition) is 1. The van der Waals surface area contributed by atoms with Gasteiger partial charge >= 0.3 is 0 Å². The van der Waals surface area contributed by atoms with Crippen molar-refractivity contribution in [2.75, 3.05) is 26.5 Å². The molecule has 0 unspecified atom stereocenters. The maximum Gasteiger partial charge on any atom is 0.141 e. The zero-order chi connectivity index (χ0) is 14.5. The average Bonchev–Trinajstić information content (AvgIpc) is 2.41. The summed E-state index contributed by atoms with van der Waals surface area (Å²) in [4.78, 5) is 2.19. The normalized spacial score (nSPS) is 22.9. The maximum atomic E-state index is 5.49.